The minimum Gasteiger partial charge on any atom is -1.00 e. The molecule has 0 radical (unpaired) electrons. The minimum atomic E-state index is 0. The fourth-order valence-electron chi connectivity index (χ4n) is 3.16. The van der Waals surface area contributed by atoms with Crippen molar-refractivity contribution in [3.05, 3.63) is 71.8 Å². The van der Waals surface area contributed by atoms with Gasteiger partial charge in [-0.3, -0.25) is 4.90 Å². The van der Waals surface area contributed by atoms with E-state index in [4.69, 9.17) is 0 Å². The van der Waals surface area contributed by atoms with Gasteiger partial charge in [0, 0.05) is 13.1 Å². The van der Waals surface area contributed by atoms with E-state index < -0.39 is 0 Å². The average molecular weight is 353 g/mol. The van der Waals surface area contributed by atoms with Gasteiger partial charge in [0.05, 0.1) is 33.2 Å². The van der Waals surface area contributed by atoms with Crippen LogP contribution in [0, 0.1) is 0 Å². The molecule has 1 aliphatic rings. The number of hydrogen-bond acceptors (Lipinski definition) is 1. The summed E-state index contributed by atoms with van der Waals surface area (Å²) in [6.45, 7) is 4.75. The molecule has 1 aliphatic heterocycles. The monoisotopic (exact) mass is 352 g/mol. The van der Waals surface area contributed by atoms with Gasteiger partial charge in [-0.2, -0.15) is 0 Å². The van der Waals surface area contributed by atoms with E-state index in [1.807, 2.05) is 0 Å². The van der Waals surface area contributed by atoms with Crippen molar-refractivity contribution in [1.29, 1.82) is 0 Å². The Morgan fingerprint density at radius 1 is 0.783 bits per heavy atom. The highest BCUT2D eigenvalue weighted by Crippen LogP contribution is 2.29. The summed E-state index contributed by atoms with van der Waals surface area (Å²) in [7, 11) is 4.66. The highest BCUT2D eigenvalue weighted by molar-refractivity contribution is 5.85. The second-order valence-corrected chi connectivity index (χ2v) is 6.64. The Morgan fingerprint density at radius 3 is 1.57 bits per heavy atom. The molecular formula is C19H26Cl2N2. The Bertz CT molecular complexity index is 523. The quantitative estimate of drug-likeness (QED) is 0.731. The fraction of sp³-hybridized carbons (Fsp3) is 0.368. The molecule has 0 N–H and O–H groups in total. The van der Waals surface area contributed by atoms with E-state index in [1.165, 1.54) is 24.2 Å². The zero-order chi connectivity index (χ0) is 14.7. The van der Waals surface area contributed by atoms with Gasteiger partial charge >= 0.3 is 0 Å². The van der Waals surface area contributed by atoms with Crippen LogP contribution < -0.4 is 12.4 Å². The standard InChI is InChI=1S/C19H25N2.2ClH/c1-21(2)15-13-20(14-16-21)19(17-9-5-3-6-10-17)18-11-7-4-8-12-18;;/h3-12,19H,13-16H2,1-2H3;2*1H/q+1;;/p-1. The molecule has 1 fully saturated rings. The topological polar surface area (TPSA) is 3.24 Å². The van der Waals surface area contributed by atoms with Crippen molar-refractivity contribution < 1.29 is 16.9 Å². The first kappa shape index (κ1) is 20.0. The predicted molar refractivity (Wildman–Crippen MR) is 95.4 cm³/mol. The van der Waals surface area contributed by atoms with E-state index >= 15 is 0 Å². The van der Waals surface area contributed by atoms with Crippen LogP contribution in [0.25, 0.3) is 0 Å². The van der Waals surface area contributed by atoms with Gasteiger partial charge < -0.3 is 16.9 Å². The molecule has 0 spiro atoms. The second kappa shape index (κ2) is 8.70. The molecule has 1 heterocycles. The first-order valence-corrected chi connectivity index (χ1v) is 7.82. The van der Waals surface area contributed by atoms with Crippen molar-refractivity contribution in [3.63, 3.8) is 0 Å². The molecule has 23 heavy (non-hydrogen) atoms. The lowest BCUT2D eigenvalue weighted by Gasteiger charge is -2.42. The molecule has 0 amide bonds. The SMILES string of the molecule is C[N+]1(C)CCN(C(c2ccccc2)c2ccccc2)CC1.Cl.[Cl-]. The number of quaternary nitrogens is 1. The fourth-order valence-corrected chi connectivity index (χ4v) is 3.16. The number of rotatable bonds is 3. The zero-order valence-electron chi connectivity index (χ0n) is 13.9. The normalized spacial score (nSPS) is 17.2. The Hall–Kier alpha value is -1.06. The highest BCUT2D eigenvalue weighted by Gasteiger charge is 2.30. The summed E-state index contributed by atoms with van der Waals surface area (Å²) in [6, 6.07) is 22.2. The molecule has 0 saturated carbocycles. The van der Waals surface area contributed by atoms with Crippen molar-refractivity contribution >= 4 is 12.4 Å². The van der Waals surface area contributed by atoms with E-state index in [1.54, 1.807) is 0 Å². The Balaban J connectivity index is 0.00000132. The molecule has 0 aliphatic carbocycles. The summed E-state index contributed by atoms with van der Waals surface area (Å²) in [5, 5.41) is 0. The van der Waals surface area contributed by atoms with Gasteiger partial charge in [0.15, 0.2) is 0 Å². The first-order valence-electron chi connectivity index (χ1n) is 7.82. The lowest BCUT2D eigenvalue weighted by Crippen LogP contribution is -3.00. The molecular weight excluding hydrogens is 327 g/mol. The smallest absolute Gasteiger partial charge is 0.0912 e. The predicted octanol–water partition coefficient (Wildman–Crippen LogP) is 0.594. The summed E-state index contributed by atoms with van der Waals surface area (Å²) < 4.78 is 1.13. The minimum absolute atomic E-state index is 0. The second-order valence-electron chi connectivity index (χ2n) is 6.64. The van der Waals surface area contributed by atoms with E-state index in [2.05, 4.69) is 79.7 Å². The lowest BCUT2D eigenvalue weighted by molar-refractivity contribution is -0.894. The third-order valence-electron chi connectivity index (χ3n) is 4.58. The van der Waals surface area contributed by atoms with Gasteiger partial charge in [0.1, 0.15) is 0 Å². The van der Waals surface area contributed by atoms with Crippen LogP contribution in [0.5, 0.6) is 0 Å². The maximum absolute atomic E-state index is 2.63. The van der Waals surface area contributed by atoms with Crippen LogP contribution in [0.4, 0.5) is 0 Å². The molecule has 2 nitrogen and oxygen atoms in total. The first-order chi connectivity index (χ1) is 10.2. The van der Waals surface area contributed by atoms with Gasteiger partial charge in [-0.05, 0) is 11.1 Å². The molecule has 2 aromatic rings. The van der Waals surface area contributed by atoms with Crippen LogP contribution in [0.15, 0.2) is 60.7 Å². The number of likely N-dealkylation sites (N-methyl/N-ethyl adjacent to an activating group) is 1. The number of hydrogen-bond donors (Lipinski definition) is 0. The van der Waals surface area contributed by atoms with E-state index in [0.717, 1.165) is 17.6 Å². The van der Waals surface area contributed by atoms with Crippen molar-refractivity contribution in [2.75, 3.05) is 40.3 Å². The summed E-state index contributed by atoms with van der Waals surface area (Å²) in [6.07, 6.45) is 0. The number of halogens is 2. The lowest BCUT2D eigenvalue weighted by atomic mass is 9.96. The molecule has 0 bridgehead atoms. The summed E-state index contributed by atoms with van der Waals surface area (Å²) in [5.41, 5.74) is 2.80. The van der Waals surface area contributed by atoms with Crippen molar-refractivity contribution in [2.45, 2.75) is 6.04 Å². The average Bonchev–Trinajstić information content (AvgIpc) is 2.51. The summed E-state index contributed by atoms with van der Waals surface area (Å²) in [5.74, 6) is 0. The van der Waals surface area contributed by atoms with Gasteiger partial charge in [-0.25, -0.2) is 0 Å². The van der Waals surface area contributed by atoms with Gasteiger partial charge in [-0.15, -0.1) is 12.4 Å². The maximum atomic E-state index is 2.63. The van der Waals surface area contributed by atoms with E-state index in [0.29, 0.717) is 6.04 Å². The molecule has 0 atom stereocenters. The number of nitrogens with zero attached hydrogens (tertiary/aromatic N) is 2. The number of benzene rings is 2. The van der Waals surface area contributed by atoms with Crippen LogP contribution in [0.1, 0.15) is 17.2 Å². The summed E-state index contributed by atoms with van der Waals surface area (Å²) in [4.78, 5) is 2.63. The van der Waals surface area contributed by atoms with Crippen LogP contribution in [0.3, 0.4) is 0 Å². The van der Waals surface area contributed by atoms with Crippen molar-refractivity contribution in [1.82, 2.24) is 4.90 Å². The Morgan fingerprint density at radius 2 is 1.17 bits per heavy atom. The Labute approximate surface area is 152 Å². The molecule has 1 saturated heterocycles. The van der Waals surface area contributed by atoms with E-state index in [-0.39, 0.29) is 24.8 Å². The molecule has 3 rings (SSSR count). The van der Waals surface area contributed by atoms with Crippen molar-refractivity contribution in [3.8, 4) is 0 Å². The largest absolute Gasteiger partial charge is 1.00 e. The zero-order valence-corrected chi connectivity index (χ0v) is 15.4. The van der Waals surface area contributed by atoms with Gasteiger partial charge in [-0.1, -0.05) is 60.7 Å². The third-order valence-corrected chi connectivity index (χ3v) is 4.58. The number of piperazine rings is 1. The molecule has 0 aromatic heterocycles. The van der Waals surface area contributed by atoms with Crippen LogP contribution in [-0.2, 0) is 0 Å². The molecule has 0 unspecified atom stereocenters. The van der Waals surface area contributed by atoms with Crippen molar-refractivity contribution in [2.24, 2.45) is 0 Å². The third kappa shape index (κ3) is 4.95. The highest BCUT2D eigenvalue weighted by atomic mass is 35.5. The van der Waals surface area contributed by atoms with E-state index in [9.17, 15) is 0 Å². The molecule has 126 valence electrons. The van der Waals surface area contributed by atoms with Gasteiger partial charge in [0.2, 0.25) is 0 Å². The maximum Gasteiger partial charge on any atom is 0.0912 e. The van der Waals surface area contributed by atoms with Crippen LogP contribution in [-0.4, -0.2) is 49.7 Å². The van der Waals surface area contributed by atoms with Crippen LogP contribution >= 0.6 is 12.4 Å². The van der Waals surface area contributed by atoms with Crippen LogP contribution in [0.2, 0.25) is 0 Å². The summed E-state index contributed by atoms with van der Waals surface area (Å²) >= 11 is 0. The van der Waals surface area contributed by atoms with Gasteiger partial charge in [0.25, 0.3) is 0 Å². The molecule has 2 aromatic carbocycles. The molecule has 4 heteroatoms. The Kier molecular flexibility index (Phi) is 7.56.